The van der Waals surface area contributed by atoms with Crippen molar-refractivity contribution in [2.75, 3.05) is 6.54 Å². The van der Waals surface area contributed by atoms with Crippen LogP contribution in [-0.4, -0.2) is 40.7 Å². The lowest BCUT2D eigenvalue weighted by atomic mass is 10.0. The van der Waals surface area contributed by atoms with Crippen LogP contribution in [0.5, 0.6) is 0 Å². The molecule has 2 heterocycles. The van der Waals surface area contributed by atoms with Crippen molar-refractivity contribution in [3.8, 4) is 22.5 Å². The average Bonchev–Trinajstić information content (AvgIpc) is 3.44. The molecule has 0 saturated carbocycles. The third kappa shape index (κ3) is 5.22. The van der Waals surface area contributed by atoms with Crippen molar-refractivity contribution in [3.05, 3.63) is 97.1 Å². The number of rotatable bonds is 8. The lowest BCUT2D eigenvalue weighted by Crippen LogP contribution is -2.25. The summed E-state index contributed by atoms with van der Waals surface area (Å²) in [7, 11) is 0. The Balaban J connectivity index is 1.47. The highest BCUT2D eigenvalue weighted by Crippen LogP contribution is 2.32. The number of benzene rings is 3. The molecule has 0 aliphatic rings. The van der Waals surface area contributed by atoms with E-state index in [-0.39, 0.29) is 10.8 Å². The summed E-state index contributed by atoms with van der Waals surface area (Å²) in [6.07, 6.45) is 6.16. The van der Waals surface area contributed by atoms with Crippen molar-refractivity contribution < 1.29 is 13.6 Å². The highest BCUT2D eigenvalue weighted by Gasteiger charge is 2.16. The Morgan fingerprint density at radius 1 is 0.917 bits per heavy atom. The van der Waals surface area contributed by atoms with Crippen molar-refractivity contribution in [1.29, 1.82) is 0 Å². The second-order valence-corrected chi connectivity index (χ2v) is 9.15. The van der Waals surface area contributed by atoms with Crippen LogP contribution in [0.2, 0.25) is 0 Å². The number of fused-ring (bicyclic) bond motifs is 1. The van der Waals surface area contributed by atoms with Crippen LogP contribution in [0.15, 0.2) is 96.4 Å². The van der Waals surface area contributed by atoms with Gasteiger partial charge >= 0.3 is 0 Å². The highest BCUT2D eigenvalue weighted by molar-refractivity contribution is 7.79. The quantitative estimate of drug-likeness (QED) is 0.240. The van der Waals surface area contributed by atoms with Crippen LogP contribution in [0.4, 0.5) is 0 Å². The largest absolute Gasteiger partial charge is 0.352 e. The van der Waals surface area contributed by atoms with Gasteiger partial charge in [-0.1, -0.05) is 42.5 Å². The van der Waals surface area contributed by atoms with Crippen LogP contribution < -0.4 is 5.32 Å². The van der Waals surface area contributed by atoms with E-state index in [2.05, 4.69) is 10.3 Å². The van der Waals surface area contributed by atoms with Gasteiger partial charge in [-0.15, -0.1) is 0 Å². The number of nitrogens with one attached hydrogen (secondary N) is 1. The van der Waals surface area contributed by atoms with E-state index < -0.39 is 11.1 Å². The molecule has 1 atom stereocenters. The molecule has 180 valence electrons. The van der Waals surface area contributed by atoms with Crippen molar-refractivity contribution >= 4 is 28.0 Å². The van der Waals surface area contributed by atoms with Crippen molar-refractivity contribution in [3.63, 3.8) is 0 Å². The molecule has 0 spiro atoms. The van der Waals surface area contributed by atoms with E-state index in [9.17, 15) is 13.6 Å². The molecule has 2 aromatic heterocycles. The summed E-state index contributed by atoms with van der Waals surface area (Å²) in [6, 6.07) is 21.7. The van der Waals surface area contributed by atoms with Gasteiger partial charge in [0.25, 0.3) is 5.91 Å². The summed E-state index contributed by atoms with van der Waals surface area (Å²) >= 11 is -2.11. The van der Waals surface area contributed by atoms with E-state index in [0.717, 1.165) is 18.5 Å². The summed E-state index contributed by atoms with van der Waals surface area (Å²) in [6.45, 7) is 1.31. The maximum atomic E-state index is 12.8. The first-order valence-corrected chi connectivity index (χ1v) is 12.5. The van der Waals surface area contributed by atoms with Gasteiger partial charge in [0, 0.05) is 42.2 Å². The van der Waals surface area contributed by atoms with Gasteiger partial charge in [-0.05, 0) is 36.8 Å². The topological polar surface area (TPSA) is 110 Å². The fourth-order valence-corrected chi connectivity index (χ4v) is 4.35. The number of imidazole rings is 1. The molecule has 0 saturated heterocycles. The van der Waals surface area contributed by atoms with Crippen LogP contribution in [0.1, 0.15) is 16.8 Å². The normalized spacial score (nSPS) is 11.9. The van der Waals surface area contributed by atoms with Crippen LogP contribution in [0.25, 0.3) is 33.5 Å². The number of carbonyl (C=O) groups is 1. The van der Waals surface area contributed by atoms with Gasteiger partial charge in [0.1, 0.15) is 0 Å². The summed E-state index contributed by atoms with van der Waals surface area (Å²) in [4.78, 5) is 26.8. The standard InChI is InChI=1S/C27H23N5O3S/c33-27(29-12-5-14-32-15-13-28-18-32)21-10-11-23-24(17-21)31-25(19-6-2-1-3-7-19)26(30-23)20-8-4-9-22(16-20)36(34)35/h1-4,6-11,13,15-18H,5,12,14H2,(H,29,33)(H,34,35). The summed E-state index contributed by atoms with van der Waals surface area (Å²) in [5.74, 6) is -0.173. The molecular weight excluding hydrogens is 474 g/mol. The number of hydrogen-bond donors (Lipinski definition) is 2. The molecule has 36 heavy (non-hydrogen) atoms. The van der Waals surface area contributed by atoms with E-state index >= 15 is 0 Å². The molecule has 0 aliphatic carbocycles. The lowest BCUT2D eigenvalue weighted by Gasteiger charge is -2.12. The first-order valence-electron chi connectivity index (χ1n) is 11.4. The number of aryl methyl sites for hydroxylation is 1. The Kier molecular flexibility index (Phi) is 6.92. The Hall–Kier alpha value is -4.21. The van der Waals surface area contributed by atoms with E-state index in [1.165, 1.54) is 0 Å². The molecule has 9 heteroatoms. The predicted molar refractivity (Wildman–Crippen MR) is 139 cm³/mol. The number of amides is 1. The summed E-state index contributed by atoms with van der Waals surface area (Å²) in [5, 5.41) is 2.95. The van der Waals surface area contributed by atoms with Gasteiger partial charge in [-0.3, -0.25) is 4.79 Å². The molecule has 0 aliphatic heterocycles. The molecule has 8 nitrogen and oxygen atoms in total. The molecule has 5 aromatic rings. The Labute approximate surface area is 210 Å². The lowest BCUT2D eigenvalue weighted by molar-refractivity contribution is 0.0953. The fourth-order valence-electron chi connectivity index (χ4n) is 3.93. The van der Waals surface area contributed by atoms with Gasteiger partial charge in [-0.2, -0.15) is 0 Å². The zero-order valence-corrected chi connectivity index (χ0v) is 20.1. The minimum Gasteiger partial charge on any atom is -0.352 e. The molecule has 5 rings (SSSR count). The van der Waals surface area contributed by atoms with Gasteiger partial charge in [-0.25, -0.2) is 19.2 Å². The van der Waals surface area contributed by atoms with Crippen molar-refractivity contribution in [1.82, 2.24) is 24.8 Å². The fraction of sp³-hybridized carbons (Fsp3) is 0.111. The minimum atomic E-state index is -2.11. The second kappa shape index (κ2) is 10.6. The molecular formula is C27H23N5O3S. The summed E-state index contributed by atoms with van der Waals surface area (Å²) < 4.78 is 23.2. The average molecular weight is 498 g/mol. The first kappa shape index (κ1) is 23.5. The minimum absolute atomic E-state index is 0.173. The molecule has 1 unspecified atom stereocenters. The third-order valence-electron chi connectivity index (χ3n) is 5.72. The molecule has 3 aromatic carbocycles. The zero-order valence-electron chi connectivity index (χ0n) is 19.2. The Morgan fingerprint density at radius 3 is 2.47 bits per heavy atom. The van der Waals surface area contributed by atoms with E-state index in [1.807, 2.05) is 47.2 Å². The van der Waals surface area contributed by atoms with Crippen LogP contribution >= 0.6 is 0 Å². The zero-order chi connectivity index (χ0) is 24.9. The monoisotopic (exact) mass is 497 g/mol. The van der Waals surface area contributed by atoms with E-state index in [0.29, 0.717) is 40.1 Å². The van der Waals surface area contributed by atoms with Crippen LogP contribution in [-0.2, 0) is 17.6 Å². The first-order chi connectivity index (χ1) is 17.6. The number of carbonyl (C=O) groups excluding carboxylic acids is 1. The van der Waals surface area contributed by atoms with Gasteiger partial charge in [0.05, 0.1) is 33.6 Å². The number of aromatic nitrogens is 4. The number of hydrogen-bond acceptors (Lipinski definition) is 5. The number of nitrogens with zero attached hydrogens (tertiary/aromatic N) is 4. The SMILES string of the molecule is O=C(NCCCn1ccnc1)c1ccc2nc(-c3cccc(S(=O)O)c3)c(-c3ccccc3)nc2c1. The van der Waals surface area contributed by atoms with Gasteiger partial charge in [0.2, 0.25) is 0 Å². The van der Waals surface area contributed by atoms with Crippen LogP contribution in [0, 0.1) is 0 Å². The predicted octanol–water partition coefficient (Wildman–Crippen LogP) is 4.56. The Morgan fingerprint density at radius 2 is 1.69 bits per heavy atom. The highest BCUT2D eigenvalue weighted by atomic mass is 32.2. The molecule has 1 amide bonds. The molecule has 2 N–H and O–H groups in total. The smallest absolute Gasteiger partial charge is 0.251 e. The van der Waals surface area contributed by atoms with E-state index in [4.69, 9.17) is 9.97 Å². The Bertz CT molecular complexity index is 1540. The summed E-state index contributed by atoms with van der Waals surface area (Å²) in [5.41, 5.74) is 4.47. The van der Waals surface area contributed by atoms with Crippen molar-refractivity contribution in [2.24, 2.45) is 0 Å². The van der Waals surface area contributed by atoms with Gasteiger partial charge < -0.3 is 14.4 Å². The molecule has 0 bridgehead atoms. The molecule has 0 fully saturated rings. The van der Waals surface area contributed by atoms with E-state index in [1.54, 1.807) is 48.9 Å². The van der Waals surface area contributed by atoms with Crippen molar-refractivity contribution in [2.45, 2.75) is 17.9 Å². The second-order valence-electron chi connectivity index (χ2n) is 8.18. The third-order valence-corrected chi connectivity index (χ3v) is 6.38. The maximum Gasteiger partial charge on any atom is 0.251 e. The van der Waals surface area contributed by atoms with Gasteiger partial charge in [0.15, 0.2) is 11.1 Å². The maximum absolute atomic E-state index is 12.8. The van der Waals surface area contributed by atoms with Crippen LogP contribution in [0.3, 0.4) is 0 Å². The molecule has 0 radical (unpaired) electrons.